The Kier molecular flexibility index (Phi) is 2.87. The topological polar surface area (TPSA) is 45.4 Å². The molecule has 1 aromatic heterocycles. The average Bonchev–Trinajstić information content (AvgIpc) is 2.93. The third-order valence-corrected chi connectivity index (χ3v) is 4.64. The highest BCUT2D eigenvalue weighted by Crippen LogP contribution is 2.32. The van der Waals surface area contributed by atoms with Gasteiger partial charge in [-0.1, -0.05) is 11.3 Å². The quantitative estimate of drug-likeness (QED) is 0.841. The minimum absolute atomic E-state index is 0.641. The first-order valence-corrected chi connectivity index (χ1v) is 7.02. The number of thiazole rings is 1. The average molecular weight is 262 g/mol. The molecule has 3 rings (SSSR count). The molecule has 2 heterocycles. The van der Waals surface area contributed by atoms with Gasteiger partial charge in [-0.25, -0.2) is 4.98 Å². The zero-order chi connectivity index (χ0) is 12.7. The number of nitrogen functional groups attached to an aromatic ring is 1. The molecule has 5 heteroatoms. The van der Waals surface area contributed by atoms with Crippen molar-refractivity contribution in [2.75, 3.05) is 37.8 Å². The number of aromatic nitrogens is 1. The van der Waals surface area contributed by atoms with Crippen LogP contribution < -0.4 is 10.6 Å². The van der Waals surface area contributed by atoms with Crippen LogP contribution in [0.15, 0.2) is 18.2 Å². The number of benzene rings is 1. The molecule has 1 saturated heterocycles. The van der Waals surface area contributed by atoms with Gasteiger partial charge in [0.25, 0.3) is 0 Å². The first kappa shape index (κ1) is 11.7. The molecule has 4 nitrogen and oxygen atoms in total. The van der Waals surface area contributed by atoms with E-state index in [2.05, 4.69) is 23.9 Å². The fourth-order valence-corrected chi connectivity index (χ4v) is 3.45. The molecule has 1 unspecified atom stereocenters. The van der Waals surface area contributed by atoms with Crippen LogP contribution in [0.1, 0.15) is 6.42 Å². The molecule has 2 aromatic rings. The largest absolute Gasteiger partial charge is 0.399 e. The number of hydrogen-bond donors (Lipinski definition) is 1. The van der Waals surface area contributed by atoms with E-state index in [0.29, 0.717) is 6.04 Å². The molecular weight excluding hydrogens is 244 g/mol. The van der Waals surface area contributed by atoms with Crippen molar-refractivity contribution in [1.82, 2.24) is 9.88 Å². The van der Waals surface area contributed by atoms with Crippen molar-refractivity contribution in [2.45, 2.75) is 12.5 Å². The highest BCUT2D eigenvalue weighted by atomic mass is 32.1. The number of likely N-dealkylation sites (N-methyl/N-ethyl adjacent to an activating group) is 1. The molecule has 18 heavy (non-hydrogen) atoms. The van der Waals surface area contributed by atoms with Gasteiger partial charge in [-0.2, -0.15) is 0 Å². The zero-order valence-corrected chi connectivity index (χ0v) is 11.6. The molecule has 1 aliphatic heterocycles. The van der Waals surface area contributed by atoms with Gasteiger partial charge in [0.1, 0.15) is 0 Å². The van der Waals surface area contributed by atoms with Crippen LogP contribution in [0.5, 0.6) is 0 Å². The van der Waals surface area contributed by atoms with E-state index in [1.807, 2.05) is 18.2 Å². The van der Waals surface area contributed by atoms with Gasteiger partial charge in [-0.05, 0) is 38.7 Å². The summed E-state index contributed by atoms with van der Waals surface area (Å²) in [5.74, 6) is 0. The standard InChI is InChI=1S/C13H18N4S/c1-16(2)10-5-6-17(8-10)13-15-11-4-3-9(14)7-12(11)18-13/h3-4,7,10H,5-6,8,14H2,1-2H3. The number of hydrogen-bond acceptors (Lipinski definition) is 5. The number of nitrogens with zero attached hydrogens (tertiary/aromatic N) is 3. The van der Waals surface area contributed by atoms with Gasteiger partial charge in [0.2, 0.25) is 0 Å². The number of fused-ring (bicyclic) bond motifs is 1. The smallest absolute Gasteiger partial charge is 0.186 e. The van der Waals surface area contributed by atoms with Gasteiger partial charge in [-0.3, -0.25) is 0 Å². The summed E-state index contributed by atoms with van der Waals surface area (Å²) in [7, 11) is 4.29. The highest BCUT2D eigenvalue weighted by molar-refractivity contribution is 7.22. The molecular formula is C13H18N4S. The van der Waals surface area contributed by atoms with Crippen molar-refractivity contribution in [3.63, 3.8) is 0 Å². The van der Waals surface area contributed by atoms with Crippen LogP contribution >= 0.6 is 11.3 Å². The van der Waals surface area contributed by atoms with E-state index < -0.39 is 0 Å². The maximum Gasteiger partial charge on any atom is 0.186 e. The summed E-state index contributed by atoms with van der Waals surface area (Å²) in [5, 5.41) is 1.12. The summed E-state index contributed by atoms with van der Waals surface area (Å²) < 4.78 is 1.18. The van der Waals surface area contributed by atoms with Crippen molar-refractivity contribution in [2.24, 2.45) is 0 Å². The van der Waals surface area contributed by atoms with E-state index in [0.717, 1.165) is 29.4 Å². The Labute approximate surface area is 111 Å². The van der Waals surface area contributed by atoms with Gasteiger partial charge in [-0.15, -0.1) is 0 Å². The van der Waals surface area contributed by atoms with Crippen molar-refractivity contribution in [1.29, 1.82) is 0 Å². The van der Waals surface area contributed by atoms with Crippen LogP contribution in [-0.2, 0) is 0 Å². The lowest BCUT2D eigenvalue weighted by Crippen LogP contribution is -2.31. The number of nitrogens with two attached hydrogens (primary N) is 1. The maximum atomic E-state index is 5.81. The molecule has 2 N–H and O–H groups in total. The second-order valence-electron chi connectivity index (χ2n) is 5.08. The molecule has 0 saturated carbocycles. The fourth-order valence-electron chi connectivity index (χ4n) is 2.40. The third-order valence-electron chi connectivity index (χ3n) is 3.57. The van der Waals surface area contributed by atoms with Gasteiger partial charge < -0.3 is 15.5 Å². The van der Waals surface area contributed by atoms with Gasteiger partial charge in [0.05, 0.1) is 10.2 Å². The number of anilines is 2. The lowest BCUT2D eigenvalue weighted by Gasteiger charge is -2.19. The van der Waals surface area contributed by atoms with Crippen molar-refractivity contribution < 1.29 is 0 Å². The lowest BCUT2D eigenvalue weighted by atomic mass is 10.2. The second kappa shape index (κ2) is 4.40. The van der Waals surface area contributed by atoms with Crippen molar-refractivity contribution in [3.8, 4) is 0 Å². The van der Waals surface area contributed by atoms with E-state index in [1.165, 1.54) is 11.1 Å². The highest BCUT2D eigenvalue weighted by Gasteiger charge is 2.25. The summed E-state index contributed by atoms with van der Waals surface area (Å²) in [6, 6.07) is 6.57. The first-order valence-electron chi connectivity index (χ1n) is 6.21. The van der Waals surface area contributed by atoms with Crippen molar-refractivity contribution in [3.05, 3.63) is 18.2 Å². The Bertz CT molecular complexity index is 563. The van der Waals surface area contributed by atoms with Crippen LogP contribution in [-0.4, -0.2) is 43.1 Å². The monoisotopic (exact) mass is 262 g/mol. The van der Waals surface area contributed by atoms with Gasteiger partial charge in [0.15, 0.2) is 5.13 Å². The Morgan fingerprint density at radius 3 is 3.00 bits per heavy atom. The summed E-state index contributed by atoms with van der Waals surface area (Å²) in [5.41, 5.74) is 7.67. The van der Waals surface area contributed by atoms with E-state index >= 15 is 0 Å². The van der Waals surface area contributed by atoms with E-state index in [9.17, 15) is 0 Å². The Balaban J connectivity index is 1.87. The van der Waals surface area contributed by atoms with Crippen LogP contribution in [0, 0.1) is 0 Å². The Hall–Kier alpha value is -1.33. The molecule has 1 fully saturated rings. The predicted molar refractivity (Wildman–Crippen MR) is 78.3 cm³/mol. The minimum Gasteiger partial charge on any atom is -0.399 e. The summed E-state index contributed by atoms with van der Waals surface area (Å²) in [6.07, 6.45) is 1.21. The van der Waals surface area contributed by atoms with Crippen LogP contribution in [0.2, 0.25) is 0 Å². The Morgan fingerprint density at radius 2 is 2.28 bits per heavy atom. The molecule has 1 aromatic carbocycles. The third kappa shape index (κ3) is 2.04. The SMILES string of the molecule is CN(C)C1CCN(c2nc3ccc(N)cc3s2)C1. The maximum absolute atomic E-state index is 5.81. The van der Waals surface area contributed by atoms with Gasteiger partial charge >= 0.3 is 0 Å². The molecule has 0 spiro atoms. The van der Waals surface area contributed by atoms with E-state index in [4.69, 9.17) is 10.7 Å². The second-order valence-corrected chi connectivity index (χ2v) is 6.08. The molecule has 0 bridgehead atoms. The summed E-state index contributed by atoms with van der Waals surface area (Å²) >= 11 is 1.74. The fraction of sp³-hybridized carbons (Fsp3) is 0.462. The molecule has 1 atom stereocenters. The molecule has 1 aliphatic rings. The van der Waals surface area contributed by atoms with Crippen LogP contribution in [0.3, 0.4) is 0 Å². The molecule has 96 valence electrons. The van der Waals surface area contributed by atoms with Crippen LogP contribution in [0.25, 0.3) is 10.2 Å². The van der Waals surface area contributed by atoms with E-state index in [-0.39, 0.29) is 0 Å². The molecule has 0 amide bonds. The Morgan fingerprint density at radius 1 is 1.44 bits per heavy atom. The number of rotatable bonds is 2. The lowest BCUT2D eigenvalue weighted by molar-refractivity contribution is 0.315. The first-order chi connectivity index (χ1) is 8.63. The predicted octanol–water partition coefficient (Wildman–Crippen LogP) is 2.02. The summed E-state index contributed by atoms with van der Waals surface area (Å²) in [4.78, 5) is 9.38. The minimum atomic E-state index is 0.641. The zero-order valence-electron chi connectivity index (χ0n) is 10.8. The molecule has 0 radical (unpaired) electrons. The van der Waals surface area contributed by atoms with Gasteiger partial charge in [0, 0.05) is 24.8 Å². The molecule has 0 aliphatic carbocycles. The summed E-state index contributed by atoms with van der Waals surface area (Å²) in [6.45, 7) is 2.17. The van der Waals surface area contributed by atoms with E-state index in [1.54, 1.807) is 11.3 Å². The normalized spacial score (nSPS) is 20.2. The van der Waals surface area contributed by atoms with Crippen molar-refractivity contribution >= 4 is 32.4 Å². The van der Waals surface area contributed by atoms with Crippen LogP contribution in [0.4, 0.5) is 10.8 Å².